The first-order valence-corrected chi connectivity index (χ1v) is 3.34. The molecule has 0 saturated heterocycles. The number of nitrogens with zero attached hydrogens (tertiary/aromatic N) is 1. The minimum atomic E-state index is -5.44. The zero-order chi connectivity index (χ0) is 10.3. The van der Waals surface area contributed by atoms with Gasteiger partial charge in [-0.3, -0.25) is 5.10 Å². The van der Waals surface area contributed by atoms with Gasteiger partial charge in [0.25, 0.3) is 5.92 Å². The minimum absolute atomic E-state index is 0. The van der Waals surface area contributed by atoms with E-state index in [9.17, 15) is 21.7 Å². The maximum Gasteiger partial charge on any atom is 1.00 e. The predicted molar refractivity (Wildman–Crippen MR) is 36.9 cm³/mol. The van der Waals surface area contributed by atoms with Crippen molar-refractivity contribution in [3.8, 4) is 0 Å². The summed E-state index contributed by atoms with van der Waals surface area (Å²) in [7, 11) is 0. The molecule has 0 spiro atoms. The molecule has 74 valence electrons. The van der Waals surface area contributed by atoms with Crippen LogP contribution in [-0.4, -0.2) is 17.2 Å². The molecule has 1 aromatic heterocycles. The number of halogens is 5. The van der Waals surface area contributed by atoms with Crippen LogP contribution in [0, 0.1) is 0 Å². The van der Waals surface area contributed by atoms with E-state index in [-0.39, 0.29) is 51.4 Å². The summed E-state index contributed by atoms with van der Waals surface area (Å²) in [5, 5.41) is 4.59. The molecule has 0 fully saturated rings. The van der Waals surface area contributed by atoms with Gasteiger partial charge in [0.2, 0.25) is 0 Å². The number of alkyl halides is 2. The maximum atomic E-state index is 12.5. The largest absolute Gasteiger partial charge is 1.00 e. The monoisotopic (exact) mass is 238 g/mol. The fourth-order valence-electron chi connectivity index (χ4n) is 0.895. The van der Waals surface area contributed by atoms with Crippen LogP contribution in [0.25, 0.3) is 0 Å². The van der Waals surface area contributed by atoms with E-state index in [0.717, 1.165) is 0 Å². The van der Waals surface area contributed by atoms with Crippen LogP contribution < -0.4 is 56.8 Å². The second-order valence-corrected chi connectivity index (χ2v) is 2.66. The van der Waals surface area contributed by atoms with E-state index in [0.29, 0.717) is 13.1 Å². The van der Waals surface area contributed by atoms with Crippen molar-refractivity contribution in [3.63, 3.8) is 0 Å². The van der Waals surface area contributed by atoms with Gasteiger partial charge in [-0.1, -0.05) is 5.46 Å². The van der Waals surface area contributed by atoms with Crippen molar-refractivity contribution in [1.82, 2.24) is 10.2 Å². The topological polar surface area (TPSA) is 28.7 Å². The van der Waals surface area contributed by atoms with E-state index in [1.54, 1.807) is 5.10 Å². The number of aromatic nitrogens is 2. The predicted octanol–water partition coefficient (Wildman–Crippen LogP) is -1.42. The number of hydrogen-bond acceptors (Lipinski definition) is 1. The summed E-state index contributed by atoms with van der Waals surface area (Å²) in [5.74, 6) is -3.55. The number of nitrogens with one attached hydrogen (secondary N) is 1. The Morgan fingerprint density at radius 3 is 2.14 bits per heavy atom. The van der Waals surface area contributed by atoms with Crippen LogP contribution >= 0.6 is 0 Å². The quantitative estimate of drug-likeness (QED) is 0.497. The average molecular weight is 238 g/mol. The van der Waals surface area contributed by atoms with E-state index < -0.39 is 24.1 Å². The molecule has 0 aliphatic heterocycles. The van der Waals surface area contributed by atoms with Crippen molar-refractivity contribution in [3.05, 3.63) is 11.9 Å². The van der Waals surface area contributed by atoms with E-state index >= 15 is 0 Å². The zero-order valence-corrected chi connectivity index (χ0v) is 10.6. The van der Waals surface area contributed by atoms with Crippen LogP contribution in [0.2, 0.25) is 0 Å². The van der Waals surface area contributed by atoms with Crippen molar-refractivity contribution in [2.24, 2.45) is 0 Å². The van der Waals surface area contributed by atoms with Crippen LogP contribution in [0.1, 0.15) is 12.6 Å². The molecule has 0 aliphatic carbocycles. The third kappa shape index (κ3) is 3.30. The van der Waals surface area contributed by atoms with E-state index in [2.05, 4.69) is 5.10 Å². The fourth-order valence-corrected chi connectivity index (χ4v) is 0.895. The molecule has 14 heavy (non-hydrogen) atoms. The summed E-state index contributed by atoms with van der Waals surface area (Å²) in [4.78, 5) is 0. The Morgan fingerprint density at radius 2 is 1.86 bits per heavy atom. The summed E-state index contributed by atoms with van der Waals surface area (Å²) in [6, 6.07) is 0. The Kier molecular flexibility index (Phi) is 4.79. The Hall–Kier alpha value is 0.561. The van der Waals surface area contributed by atoms with Crippen molar-refractivity contribution in [2.75, 3.05) is 0 Å². The van der Waals surface area contributed by atoms with Gasteiger partial charge in [0, 0.05) is 13.1 Å². The third-order valence-corrected chi connectivity index (χ3v) is 1.46. The SMILES string of the molecule is CC(F)(F)c1[nH]ncc1[B-](F)(F)F.[K+]. The van der Waals surface area contributed by atoms with Gasteiger partial charge in [-0.25, -0.2) is 8.78 Å². The molecule has 0 bridgehead atoms. The van der Waals surface area contributed by atoms with Crippen LogP contribution in [-0.2, 0) is 5.92 Å². The number of hydrogen-bond donors (Lipinski definition) is 1. The summed E-state index contributed by atoms with van der Waals surface area (Å²) in [6.07, 6.45) is 0.368. The Balaban J connectivity index is 0.00000169. The van der Waals surface area contributed by atoms with Gasteiger partial charge in [-0.15, -0.1) is 0 Å². The summed E-state index contributed by atoms with van der Waals surface area (Å²) >= 11 is 0. The number of rotatable bonds is 2. The van der Waals surface area contributed by atoms with Gasteiger partial charge >= 0.3 is 58.4 Å². The standard InChI is InChI=1S/C5H5BF5N2.K/c1-5(7,8)4-3(2-12-13-4)6(9,10)11;/h2H,1H3,(H,12,13);/q-1;+1. The molecule has 0 unspecified atom stereocenters. The van der Waals surface area contributed by atoms with Gasteiger partial charge in [0.1, 0.15) is 0 Å². The molecule has 1 aromatic rings. The van der Waals surface area contributed by atoms with Gasteiger partial charge < -0.3 is 12.9 Å². The van der Waals surface area contributed by atoms with E-state index in [1.165, 1.54) is 0 Å². The smallest absolute Gasteiger partial charge is 0.445 e. The first kappa shape index (κ1) is 14.6. The minimum Gasteiger partial charge on any atom is -0.445 e. The van der Waals surface area contributed by atoms with Crippen molar-refractivity contribution < 1.29 is 73.1 Å². The molecule has 0 aliphatic rings. The number of aromatic amines is 1. The normalized spacial score (nSPS) is 12.4. The fraction of sp³-hybridized carbons (Fsp3) is 0.400. The first-order valence-electron chi connectivity index (χ1n) is 3.34. The van der Waals surface area contributed by atoms with Crippen molar-refractivity contribution in [2.45, 2.75) is 12.8 Å². The molecule has 1 heterocycles. The molecular weight excluding hydrogens is 233 g/mol. The Labute approximate surface area is 119 Å². The molecule has 0 radical (unpaired) electrons. The molecule has 9 heteroatoms. The molecule has 0 atom stereocenters. The van der Waals surface area contributed by atoms with E-state index in [4.69, 9.17) is 0 Å². The Morgan fingerprint density at radius 1 is 1.36 bits per heavy atom. The van der Waals surface area contributed by atoms with Crippen LogP contribution in [0.4, 0.5) is 21.7 Å². The molecule has 1 rings (SSSR count). The second kappa shape index (κ2) is 4.60. The molecule has 0 amide bonds. The molecule has 2 nitrogen and oxygen atoms in total. The number of H-pyrrole nitrogens is 1. The van der Waals surface area contributed by atoms with Gasteiger partial charge in [-0.05, 0) is 0 Å². The van der Waals surface area contributed by atoms with Gasteiger partial charge in [0.05, 0.1) is 5.69 Å². The maximum absolute atomic E-state index is 12.5. The first-order chi connectivity index (χ1) is 5.73. The zero-order valence-electron chi connectivity index (χ0n) is 7.49. The summed E-state index contributed by atoms with van der Waals surface area (Å²) in [6.45, 7) is -5.06. The van der Waals surface area contributed by atoms with Crippen LogP contribution in [0.5, 0.6) is 0 Å². The van der Waals surface area contributed by atoms with E-state index in [1.807, 2.05) is 0 Å². The van der Waals surface area contributed by atoms with Crippen LogP contribution in [0.3, 0.4) is 0 Å². The molecule has 0 aromatic carbocycles. The molecule has 0 saturated carbocycles. The van der Waals surface area contributed by atoms with Gasteiger partial charge in [-0.2, -0.15) is 5.10 Å². The summed E-state index contributed by atoms with van der Waals surface area (Å²) < 4.78 is 61.3. The van der Waals surface area contributed by atoms with Crippen molar-refractivity contribution >= 4 is 12.4 Å². The van der Waals surface area contributed by atoms with Crippen molar-refractivity contribution in [1.29, 1.82) is 0 Å². The van der Waals surface area contributed by atoms with Gasteiger partial charge in [0.15, 0.2) is 0 Å². The Bertz CT molecular complexity index is 275. The molecular formula is C5H5BF5KN2. The second-order valence-electron chi connectivity index (χ2n) is 2.66. The van der Waals surface area contributed by atoms with Crippen LogP contribution in [0.15, 0.2) is 6.20 Å². The summed E-state index contributed by atoms with van der Waals surface area (Å²) in [5.41, 5.74) is -2.55. The third-order valence-electron chi connectivity index (χ3n) is 1.46. The average Bonchev–Trinajstić information content (AvgIpc) is 2.27. The molecule has 1 N–H and O–H groups in total.